The van der Waals surface area contributed by atoms with Gasteiger partial charge in [-0.15, -0.1) is 0 Å². The van der Waals surface area contributed by atoms with E-state index in [1.54, 1.807) is 13.2 Å². The molecule has 9 heteroatoms. The zero-order valence-electron chi connectivity index (χ0n) is 17.8. The Hall–Kier alpha value is -2.55. The Balaban J connectivity index is 1.26. The van der Waals surface area contributed by atoms with Crippen LogP contribution < -0.4 is 20.1 Å². The molecule has 0 radical (unpaired) electrons. The summed E-state index contributed by atoms with van der Waals surface area (Å²) in [5.74, 6) is 1.89. The second-order valence-corrected chi connectivity index (χ2v) is 8.99. The summed E-state index contributed by atoms with van der Waals surface area (Å²) in [5, 5.41) is 16.7. The minimum atomic E-state index is -0.467. The Morgan fingerprint density at radius 3 is 2.97 bits per heavy atom. The highest BCUT2D eigenvalue weighted by Crippen LogP contribution is 2.49. The van der Waals surface area contributed by atoms with Gasteiger partial charge in [-0.1, -0.05) is 11.6 Å². The Bertz CT molecular complexity index is 1070. The Morgan fingerprint density at radius 1 is 1.34 bits per heavy atom. The van der Waals surface area contributed by atoms with E-state index in [0.29, 0.717) is 42.2 Å². The smallest absolute Gasteiger partial charge is 0.162 e. The first-order valence-corrected chi connectivity index (χ1v) is 11.1. The highest BCUT2D eigenvalue weighted by molar-refractivity contribution is 6.31. The van der Waals surface area contributed by atoms with E-state index >= 15 is 0 Å². The molecule has 170 valence electrons. The summed E-state index contributed by atoms with van der Waals surface area (Å²) in [6.07, 6.45) is 1.80. The quantitative estimate of drug-likeness (QED) is 0.548. The van der Waals surface area contributed by atoms with Gasteiger partial charge in [0, 0.05) is 42.9 Å². The van der Waals surface area contributed by atoms with E-state index in [1.807, 2.05) is 12.1 Å². The minimum Gasteiger partial charge on any atom is -0.493 e. The average Bonchev–Trinajstić information content (AvgIpc) is 3.30. The summed E-state index contributed by atoms with van der Waals surface area (Å²) in [4.78, 5) is 6.81. The number of methoxy groups -OCH3 is 1. The molecule has 2 aromatic rings. The van der Waals surface area contributed by atoms with E-state index < -0.39 is 11.4 Å². The molecule has 3 N–H and O–H groups in total. The minimum absolute atomic E-state index is 0.0472. The van der Waals surface area contributed by atoms with E-state index in [-0.39, 0.29) is 5.02 Å². The van der Waals surface area contributed by atoms with Crippen LogP contribution in [0.3, 0.4) is 0 Å². The van der Waals surface area contributed by atoms with Crippen LogP contribution in [0.15, 0.2) is 35.3 Å². The standard InChI is InChI=1S/C23H26ClFN4O3/c1-31-20-9-19-16(22(27-13-26-19)28-15-3-4-18(25)17(24)7-15)8-21(20)32-6-2-5-29-11-14-10-23(14,30)12-29/h3-4,7-9,14,26,30H,2,5-6,10-13H2,1H3,(H,27,28). The monoisotopic (exact) mass is 460 g/mol. The molecule has 3 aliphatic rings. The van der Waals surface area contributed by atoms with Crippen molar-refractivity contribution in [1.82, 2.24) is 4.90 Å². The van der Waals surface area contributed by atoms with Crippen LogP contribution in [-0.2, 0) is 0 Å². The number of hydrogen-bond donors (Lipinski definition) is 3. The number of fused-ring (bicyclic) bond motifs is 2. The number of aliphatic hydroxyl groups is 1. The molecule has 0 aromatic heterocycles. The van der Waals surface area contributed by atoms with Crippen molar-refractivity contribution in [3.05, 3.63) is 46.7 Å². The number of nitrogens with zero attached hydrogens (tertiary/aromatic N) is 2. The third-order valence-corrected chi connectivity index (χ3v) is 6.59. The normalized spacial score (nSPS) is 23.6. The van der Waals surface area contributed by atoms with E-state index in [2.05, 4.69) is 20.5 Å². The van der Waals surface area contributed by atoms with E-state index in [4.69, 9.17) is 21.1 Å². The summed E-state index contributed by atoms with van der Waals surface area (Å²) < 4.78 is 25.1. The first-order chi connectivity index (χ1) is 15.4. The number of aliphatic imine (C=N–C) groups is 1. The fourth-order valence-corrected chi connectivity index (χ4v) is 4.66. The topological polar surface area (TPSA) is 78.4 Å². The number of nitrogens with one attached hydrogen (secondary N) is 2. The van der Waals surface area contributed by atoms with Crippen LogP contribution >= 0.6 is 11.6 Å². The SMILES string of the molecule is COc1cc2c(cc1OCCCN1CC3CC3(O)C1)C(Nc1ccc(F)c(Cl)c1)=NCN2. The molecule has 2 aliphatic heterocycles. The molecule has 1 saturated heterocycles. The number of rotatable bonds is 7. The van der Waals surface area contributed by atoms with Crippen LogP contribution in [0.1, 0.15) is 18.4 Å². The molecule has 1 saturated carbocycles. The highest BCUT2D eigenvalue weighted by Gasteiger charge is 2.58. The van der Waals surface area contributed by atoms with Gasteiger partial charge >= 0.3 is 0 Å². The number of halogens is 2. The van der Waals surface area contributed by atoms with Crippen molar-refractivity contribution >= 4 is 28.8 Å². The predicted octanol–water partition coefficient (Wildman–Crippen LogP) is 3.56. The summed E-state index contributed by atoms with van der Waals surface area (Å²) in [6, 6.07) is 8.25. The second kappa shape index (κ2) is 8.42. The summed E-state index contributed by atoms with van der Waals surface area (Å²) in [7, 11) is 1.61. The third kappa shape index (κ3) is 4.22. The van der Waals surface area contributed by atoms with Gasteiger partial charge in [-0.3, -0.25) is 4.90 Å². The number of hydrogen-bond acceptors (Lipinski definition) is 7. The molecule has 32 heavy (non-hydrogen) atoms. The van der Waals surface area contributed by atoms with E-state index in [1.165, 1.54) is 12.1 Å². The molecule has 0 amide bonds. The van der Waals surface area contributed by atoms with Crippen LogP contribution in [0.4, 0.5) is 15.8 Å². The molecule has 2 unspecified atom stereocenters. The number of β-amino-alcohol motifs (C(OH)–C–C–N with tert-alkyl or cyclic N) is 1. The van der Waals surface area contributed by atoms with Gasteiger partial charge in [0.15, 0.2) is 11.5 Å². The van der Waals surface area contributed by atoms with Gasteiger partial charge in [0.1, 0.15) is 18.3 Å². The number of ether oxygens (including phenoxy) is 2. The fraction of sp³-hybridized carbons (Fsp3) is 0.435. The number of amidine groups is 1. The Labute approximate surface area is 191 Å². The molecule has 2 fully saturated rings. The maximum absolute atomic E-state index is 13.5. The van der Waals surface area contributed by atoms with Crippen molar-refractivity contribution in [3.63, 3.8) is 0 Å². The molecular formula is C23H26ClFN4O3. The third-order valence-electron chi connectivity index (χ3n) is 6.30. The summed E-state index contributed by atoms with van der Waals surface area (Å²) in [5.41, 5.74) is 1.91. The lowest BCUT2D eigenvalue weighted by atomic mass is 10.1. The van der Waals surface area contributed by atoms with Crippen molar-refractivity contribution < 1.29 is 19.0 Å². The maximum Gasteiger partial charge on any atom is 0.162 e. The fourth-order valence-electron chi connectivity index (χ4n) is 4.48. The molecule has 2 atom stereocenters. The largest absolute Gasteiger partial charge is 0.493 e. The Kier molecular flexibility index (Phi) is 5.61. The molecule has 1 aliphatic carbocycles. The lowest BCUT2D eigenvalue weighted by Crippen LogP contribution is -2.29. The predicted molar refractivity (Wildman–Crippen MR) is 123 cm³/mol. The number of anilines is 2. The van der Waals surface area contributed by atoms with Crippen molar-refractivity contribution in [2.24, 2.45) is 10.9 Å². The molecular weight excluding hydrogens is 435 g/mol. The number of benzene rings is 2. The molecule has 5 rings (SSSR count). The highest BCUT2D eigenvalue weighted by atomic mass is 35.5. The molecule has 0 bridgehead atoms. The van der Waals surface area contributed by atoms with Crippen molar-refractivity contribution in [2.75, 3.05) is 50.7 Å². The van der Waals surface area contributed by atoms with Gasteiger partial charge in [0.25, 0.3) is 0 Å². The van der Waals surface area contributed by atoms with Crippen LogP contribution in [0, 0.1) is 11.7 Å². The van der Waals surface area contributed by atoms with Gasteiger partial charge < -0.3 is 25.2 Å². The van der Waals surface area contributed by atoms with Crippen LogP contribution in [-0.4, -0.2) is 61.5 Å². The molecule has 7 nitrogen and oxygen atoms in total. The zero-order valence-corrected chi connectivity index (χ0v) is 18.6. The summed E-state index contributed by atoms with van der Waals surface area (Å²) >= 11 is 5.91. The van der Waals surface area contributed by atoms with Crippen LogP contribution in [0.5, 0.6) is 11.5 Å². The maximum atomic E-state index is 13.5. The van der Waals surface area contributed by atoms with E-state index in [0.717, 1.165) is 43.7 Å². The lowest BCUT2D eigenvalue weighted by molar-refractivity contribution is 0.125. The van der Waals surface area contributed by atoms with Gasteiger partial charge in [0.2, 0.25) is 0 Å². The van der Waals surface area contributed by atoms with Crippen molar-refractivity contribution in [1.29, 1.82) is 0 Å². The van der Waals surface area contributed by atoms with Gasteiger partial charge in [0.05, 0.1) is 30.0 Å². The van der Waals surface area contributed by atoms with Crippen LogP contribution in [0.25, 0.3) is 0 Å². The Morgan fingerprint density at radius 2 is 2.22 bits per heavy atom. The molecule has 0 spiro atoms. The summed E-state index contributed by atoms with van der Waals surface area (Å²) in [6.45, 7) is 3.58. The number of piperidine rings is 1. The molecule has 2 aromatic carbocycles. The average molecular weight is 461 g/mol. The first kappa shape index (κ1) is 21.3. The van der Waals surface area contributed by atoms with Crippen molar-refractivity contribution in [3.8, 4) is 11.5 Å². The molecule has 2 heterocycles. The lowest BCUT2D eigenvalue weighted by Gasteiger charge is -2.22. The van der Waals surface area contributed by atoms with Crippen molar-refractivity contribution in [2.45, 2.75) is 18.4 Å². The van der Waals surface area contributed by atoms with Gasteiger partial charge in [-0.25, -0.2) is 9.38 Å². The van der Waals surface area contributed by atoms with Crippen LogP contribution in [0.2, 0.25) is 5.02 Å². The van der Waals surface area contributed by atoms with E-state index in [9.17, 15) is 9.50 Å². The number of likely N-dealkylation sites (tertiary alicyclic amines) is 1. The van der Waals surface area contributed by atoms with Gasteiger partial charge in [-0.05, 0) is 37.1 Å². The first-order valence-electron chi connectivity index (χ1n) is 10.8. The van der Waals surface area contributed by atoms with Gasteiger partial charge in [-0.2, -0.15) is 0 Å². The zero-order chi connectivity index (χ0) is 22.3. The second-order valence-electron chi connectivity index (χ2n) is 8.59.